The van der Waals surface area contributed by atoms with E-state index in [2.05, 4.69) is 57.2 Å². The van der Waals surface area contributed by atoms with E-state index < -0.39 is 0 Å². The molecule has 0 amide bonds. The summed E-state index contributed by atoms with van der Waals surface area (Å²) in [5.41, 5.74) is 2.99. The summed E-state index contributed by atoms with van der Waals surface area (Å²) in [6.45, 7) is 6.82. The van der Waals surface area contributed by atoms with Crippen LogP contribution in [0.15, 0.2) is 36.4 Å². The van der Waals surface area contributed by atoms with E-state index in [0.717, 1.165) is 6.42 Å². The maximum Gasteiger partial charge on any atom is -0.0117 e. The Labute approximate surface area is 98.3 Å². The molecule has 0 aliphatic heterocycles. The zero-order valence-electron chi connectivity index (χ0n) is 10.5. The smallest absolute Gasteiger partial charge is 0.0117 e. The number of aryl methyl sites for hydroxylation is 1. The number of fused-ring (bicyclic) bond motifs is 1. The van der Waals surface area contributed by atoms with Crippen LogP contribution in [0.1, 0.15) is 44.2 Å². The fourth-order valence-electron chi connectivity index (χ4n) is 2.37. The predicted octanol–water partition coefficient (Wildman–Crippen LogP) is 4.92. The molecule has 2 rings (SSSR count). The minimum absolute atomic E-state index is 0.649. The van der Waals surface area contributed by atoms with Crippen molar-refractivity contribution in [3.8, 4) is 0 Å². The second kappa shape index (κ2) is 4.69. The first kappa shape index (κ1) is 11.2. The molecule has 0 radical (unpaired) electrons. The molecule has 2 aromatic carbocycles. The van der Waals surface area contributed by atoms with Gasteiger partial charge >= 0.3 is 0 Å². The minimum Gasteiger partial charge on any atom is -0.0648 e. The maximum atomic E-state index is 2.32. The van der Waals surface area contributed by atoms with Gasteiger partial charge in [-0.1, -0.05) is 57.2 Å². The average Bonchev–Trinajstić information content (AvgIpc) is 2.36. The van der Waals surface area contributed by atoms with Crippen molar-refractivity contribution in [1.29, 1.82) is 0 Å². The van der Waals surface area contributed by atoms with Gasteiger partial charge in [-0.05, 0) is 40.7 Å². The Balaban J connectivity index is 2.73. The normalized spacial score (nSPS) is 12.9. The summed E-state index contributed by atoms with van der Waals surface area (Å²) in [7, 11) is 0. The molecule has 0 aromatic heterocycles. The fraction of sp³-hybridized carbons (Fsp3) is 0.375. The summed E-state index contributed by atoms with van der Waals surface area (Å²) >= 11 is 0. The van der Waals surface area contributed by atoms with Gasteiger partial charge in [0.25, 0.3) is 0 Å². The van der Waals surface area contributed by atoms with Crippen LogP contribution in [-0.2, 0) is 6.42 Å². The van der Waals surface area contributed by atoms with Gasteiger partial charge in [0.05, 0.1) is 0 Å². The predicted molar refractivity (Wildman–Crippen MR) is 72.0 cm³/mol. The van der Waals surface area contributed by atoms with Crippen LogP contribution in [0, 0.1) is 0 Å². The van der Waals surface area contributed by atoms with Crippen LogP contribution in [0.2, 0.25) is 0 Å². The molecular weight excluding hydrogens is 192 g/mol. The quantitative estimate of drug-likeness (QED) is 0.677. The summed E-state index contributed by atoms with van der Waals surface area (Å²) in [5.74, 6) is 0.649. The maximum absolute atomic E-state index is 2.32. The van der Waals surface area contributed by atoms with E-state index in [1.54, 1.807) is 0 Å². The van der Waals surface area contributed by atoms with Crippen molar-refractivity contribution < 1.29 is 0 Å². The van der Waals surface area contributed by atoms with Crippen molar-refractivity contribution in [2.75, 3.05) is 0 Å². The van der Waals surface area contributed by atoms with Crippen LogP contribution in [-0.4, -0.2) is 0 Å². The third-order valence-electron chi connectivity index (χ3n) is 3.55. The van der Waals surface area contributed by atoms with Crippen molar-refractivity contribution in [2.24, 2.45) is 0 Å². The van der Waals surface area contributed by atoms with Gasteiger partial charge in [0.2, 0.25) is 0 Å². The molecule has 2 aromatic rings. The van der Waals surface area contributed by atoms with Crippen LogP contribution < -0.4 is 0 Å². The van der Waals surface area contributed by atoms with Gasteiger partial charge in [0.1, 0.15) is 0 Å². The number of benzene rings is 2. The van der Waals surface area contributed by atoms with Gasteiger partial charge in [-0.25, -0.2) is 0 Å². The highest BCUT2D eigenvalue weighted by molar-refractivity contribution is 5.89. The van der Waals surface area contributed by atoms with Gasteiger partial charge < -0.3 is 0 Å². The third kappa shape index (κ3) is 1.84. The van der Waals surface area contributed by atoms with E-state index in [4.69, 9.17) is 0 Å². The lowest BCUT2D eigenvalue weighted by atomic mass is 9.90. The van der Waals surface area contributed by atoms with Crippen LogP contribution >= 0.6 is 0 Å². The Morgan fingerprint density at radius 2 is 1.69 bits per heavy atom. The molecule has 16 heavy (non-hydrogen) atoms. The summed E-state index contributed by atoms with van der Waals surface area (Å²) in [5, 5.41) is 2.87. The summed E-state index contributed by atoms with van der Waals surface area (Å²) < 4.78 is 0. The molecule has 0 fully saturated rings. The van der Waals surface area contributed by atoms with Gasteiger partial charge in [-0.2, -0.15) is 0 Å². The Bertz CT molecular complexity index is 477. The lowest BCUT2D eigenvalue weighted by Crippen LogP contribution is -1.95. The van der Waals surface area contributed by atoms with E-state index in [0.29, 0.717) is 5.92 Å². The Hall–Kier alpha value is -1.30. The lowest BCUT2D eigenvalue weighted by Gasteiger charge is -2.15. The molecule has 0 heterocycles. The van der Waals surface area contributed by atoms with Crippen LogP contribution in [0.3, 0.4) is 0 Å². The summed E-state index contributed by atoms with van der Waals surface area (Å²) in [6, 6.07) is 13.3. The molecule has 0 nitrogen and oxygen atoms in total. The number of hydrogen-bond acceptors (Lipinski definition) is 0. The summed E-state index contributed by atoms with van der Waals surface area (Å²) in [6.07, 6.45) is 2.32. The molecule has 0 spiro atoms. The monoisotopic (exact) mass is 212 g/mol. The van der Waals surface area contributed by atoms with Crippen molar-refractivity contribution in [3.05, 3.63) is 47.5 Å². The molecule has 0 bridgehead atoms. The van der Waals surface area contributed by atoms with Gasteiger partial charge in [-0.3, -0.25) is 0 Å². The Morgan fingerprint density at radius 1 is 1.00 bits per heavy atom. The Morgan fingerprint density at radius 3 is 2.31 bits per heavy atom. The first-order chi connectivity index (χ1) is 7.77. The number of hydrogen-bond donors (Lipinski definition) is 0. The van der Waals surface area contributed by atoms with Crippen molar-refractivity contribution in [1.82, 2.24) is 0 Å². The molecule has 1 unspecified atom stereocenters. The first-order valence-electron chi connectivity index (χ1n) is 6.28. The molecule has 1 atom stereocenters. The van der Waals surface area contributed by atoms with Crippen LogP contribution in [0.25, 0.3) is 10.8 Å². The molecule has 0 aliphatic rings. The molecule has 0 saturated carbocycles. The topological polar surface area (TPSA) is 0 Å². The first-order valence-corrected chi connectivity index (χ1v) is 6.28. The summed E-state index contributed by atoms with van der Waals surface area (Å²) in [4.78, 5) is 0. The second-order valence-electron chi connectivity index (χ2n) is 4.53. The number of rotatable bonds is 3. The van der Waals surface area contributed by atoms with Gasteiger partial charge in [0.15, 0.2) is 0 Å². The highest BCUT2D eigenvalue weighted by Gasteiger charge is 2.09. The average molecular weight is 212 g/mol. The SMILES string of the molecule is CCc1cccc2cccc(C(C)CC)c12. The van der Waals surface area contributed by atoms with Crippen LogP contribution in [0.4, 0.5) is 0 Å². The van der Waals surface area contributed by atoms with E-state index in [-0.39, 0.29) is 0 Å². The molecule has 0 N–H and O–H groups in total. The second-order valence-corrected chi connectivity index (χ2v) is 4.53. The van der Waals surface area contributed by atoms with Crippen molar-refractivity contribution in [3.63, 3.8) is 0 Å². The van der Waals surface area contributed by atoms with Crippen LogP contribution in [0.5, 0.6) is 0 Å². The zero-order valence-corrected chi connectivity index (χ0v) is 10.5. The Kier molecular flexibility index (Phi) is 3.28. The van der Waals surface area contributed by atoms with Gasteiger partial charge in [-0.15, -0.1) is 0 Å². The molecule has 0 aliphatic carbocycles. The molecule has 0 saturated heterocycles. The van der Waals surface area contributed by atoms with E-state index >= 15 is 0 Å². The van der Waals surface area contributed by atoms with Gasteiger partial charge in [0, 0.05) is 0 Å². The largest absolute Gasteiger partial charge is 0.0648 e. The molecular formula is C16H20. The molecule has 84 valence electrons. The van der Waals surface area contributed by atoms with Crippen molar-refractivity contribution in [2.45, 2.75) is 39.5 Å². The standard InChI is InChI=1S/C16H20/c1-4-12(3)15-11-7-10-14-9-6-8-13(5-2)16(14)15/h6-12H,4-5H2,1-3H3. The fourth-order valence-corrected chi connectivity index (χ4v) is 2.37. The lowest BCUT2D eigenvalue weighted by molar-refractivity contribution is 0.739. The van der Waals surface area contributed by atoms with E-state index in [1.165, 1.54) is 28.3 Å². The molecule has 0 heteroatoms. The highest BCUT2D eigenvalue weighted by atomic mass is 14.1. The van der Waals surface area contributed by atoms with E-state index in [9.17, 15) is 0 Å². The van der Waals surface area contributed by atoms with Crippen molar-refractivity contribution >= 4 is 10.8 Å². The minimum atomic E-state index is 0.649. The zero-order chi connectivity index (χ0) is 11.5. The third-order valence-corrected chi connectivity index (χ3v) is 3.55. The highest BCUT2D eigenvalue weighted by Crippen LogP contribution is 2.30. The van der Waals surface area contributed by atoms with E-state index in [1.807, 2.05) is 0 Å².